The van der Waals surface area contributed by atoms with E-state index in [0.717, 1.165) is 12.8 Å². The molecular weight excluding hydrogens is 196 g/mol. The maximum atomic E-state index is 9.91. The molecule has 1 nitrogen and oxygen atoms in total. The second-order valence-corrected chi connectivity index (χ2v) is 6.17. The number of aliphatic hydroxyl groups is 1. The molecule has 0 bridgehead atoms. The van der Waals surface area contributed by atoms with E-state index in [-0.39, 0.29) is 11.5 Å². The third kappa shape index (κ3) is 1.98. The number of hydrogen-bond acceptors (Lipinski definition) is 1. The van der Waals surface area contributed by atoms with E-state index < -0.39 is 0 Å². The lowest BCUT2D eigenvalue weighted by Crippen LogP contribution is -2.36. The lowest BCUT2D eigenvalue weighted by atomic mass is 9.60. The summed E-state index contributed by atoms with van der Waals surface area (Å²) in [5.74, 6) is 0.674. The minimum atomic E-state index is -0.116. The fourth-order valence-corrected chi connectivity index (χ4v) is 3.64. The van der Waals surface area contributed by atoms with Gasteiger partial charge in [0.2, 0.25) is 0 Å². The Morgan fingerprint density at radius 2 is 2.12 bits per heavy atom. The van der Waals surface area contributed by atoms with Crippen LogP contribution in [0.3, 0.4) is 0 Å². The lowest BCUT2D eigenvalue weighted by molar-refractivity contribution is 0.0881. The number of hydrogen-bond donors (Lipinski definition) is 1. The first-order valence-electron chi connectivity index (χ1n) is 6.45. The molecule has 0 spiro atoms. The van der Waals surface area contributed by atoms with Crippen molar-refractivity contribution >= 4 is 0 Å². The summed E-state index contributed by atoms with van der Waals surface area (Å²) in [6, 6.07) is 0. The van der Waals surface area contributed by atoms with E-state index >= 15 is 0 Å². The molecule has 0 saturated heterocycles. The highest BCUT2D eigenvalue weighted by Gasteiger charge is 2.40. The first kappa shape index (κ1) is 11.9. The zero-order valence-corrected chi connectivity index (χ0v) is 10.8. The highest BCUT2D eigenvalue weighted by atomic mass is 16.3. The second kappa shape index (κ2) is 4.03. The minimum Gasteiger partial charge on any atom is -0.393 e. The second-order valence-electron chi connectivity index (χ2n) is 6.17. The third-order valence-electron chi connectivity index (χ3n) is 4.66. The molecule has 0 radical (unpaired) electrons. The third-order valence-corrected chi connectivity index (χ3v) is 4.66. The summed E-state index contributed by atoms with van der Waals surface area (Å²) in [5, 5.41) is 9.91. The highest BCUT2D eigenvalue weighted by Crippen LogP contribution is 2.51. The van der Waals surface area contributed by atoms with Crippen LogP contribution in [0.2, 0.25) is 0 Å². The molecule has 16 heavy (non-hydrogen) atoms. The Kier molecular flexibility index (Phi) is 3.00. The van der Waals surface area contributed by atoms with E-state index in [1.54, 1.807) is 5.57 Å². The number of rotatable bonds is 1. The van der Waals surface area contributed by atoms with Crippen LogP contribution in [0.25, 0.3) is 0 Å². The molecule has 1 N–H and O–H groups in total. The van der Waals surface area contributed by atoms with Crippen LogP contribution in [0.4, 0.5) is 0 Å². The normalized spacial score (nSPS) is 39.5. The summed E-state index contributed by atoms with van der Waals surface area (Å²) in [4.78, 5) is 0. The molecule has 0 aromatic heterocycles. The van der Waals surface area contributed by atoms with Crippen LogP contribution in [0.15, 0.2) is 23.3 Å². The predicted molar refractivity (Wildman–Crippen MR) is 68.2 cm³/mol. The fraction of sp³-hybridized carbons (Fsp3) is 0.733. The van der Waals surface area contributed by atoms with Crippen LogP contribution in [-0.4, -0.2) is 11.2 Å². The summed E-state index contributed by atoms with van der Waals surface area (Å²) in [5.41, 5.74) is 4.66. The van der Waals surface area contributed by atoms with Crippen molar-refractivity contribution in [3.05, 3.63) is 23.3 Å². The van der Waals surface area contributed by atoms with E-state index in [4.69, 9.17) is 0 Å². The van der Waals surface area contributed by atoms with Gasteiger partial charge in [-0.2, -0.15) is 0 Å². The van der Waals surface area contributed by atoms with Gasteiger partial charge in [0.1, 0.15) is 0 Å². The van der Waals surface area contributed by atoms with Crippen molar-refractivity contribution in [1.82, 2.24) is 0 Å². The van der Waals surface area contributed by atoms with Gasteiger partial charge >= 0.3 is 0 Å². The number of aliphatic hydroxyl groups excluding tert-OH is 1. The molecule has 3 atom stereocenters. The first-order chi connectivity index (χ1) is 7.42. The number of allylic oxidation sites excluding steroid dienone is 2. The van der Waals surface area contributed by atoms with Crippen LogP contribution in [0, 0.1) is 11.3 Å². The van der Waals surface area contributed by atoms with Gasteiger partial charge in [0.05, 0.1) is 6.10 Å². The van der Waals surface area contributed by atoms with Gasteiger partial charge in [-0.3, -0.25) is 0 Å². The molecule has 1 heteroatoms. The fourth-order valence-electron chi connectivity index (χ4n) is 3.64. The highest BCUT2D eigenvalue weighted by molar-refractivity contribution is 5.28. The van der Waals surface area contributed by atoms with Crippen LogP contribution < -0.4 is 0 Å². The van der Waals surface area contributed by atoms with E-state index in [0.29, 0.717) is 5.92 Å². The maximum Gasteiger partial charge on any atom is 0.0585 e. The molecule has 2 aliphatic rings. The van der Waals surface area contributed by atoms with Crippen molar-refractivity contribution in [2.24, 2.45) is 11.3 Å². The SMILES string of the molecule is C=C(C)[C@@H]1CC[C@]2(C)C[C@H](O)CC(C)=C2C1. The molecule has 0 heterocycles. The molecule has 2 rings (SSSR count). The Morgan fingerprint density at radius 3 is 2.75 bits per heavy atom. The van der Waals surface area contributed by atoms with Gasteiger partial charge in [-0.15, -0.1) is 0 Å². The summed E-state index contributed by atoms with van der Waals surface area (Å²) in [7, 11) is 0. The average molecular weight is 220 g/mol. The minimum absolute atomic E-state index is 0.116. The van der Waals surface area contributed by atoms with E-state index in [9.17, 15) is 5.11 Å². The number of fused-ring (bicyclic) bond motifs is 1. The summed E-state index contributed by atoms with van der Waals surface area (Å²) in [6.07, 6.45) is 5.37. The van der Waals surface area contributed by atoms with Crippen LogP contribution in [-0.2, 0) is 0 Å². The zero-order chi connectivity index (χ0) is 11.9. The molecule has 2 aliphatic carbocycles. The molecule has 0 aliphatic heterocycles. The van der Waals surface area contributed by atoms with Crippen LogP contribution in [0.5, 0.6) is 0 Å². The largest absolute Gasteiger partial charge is 0.393 e. The molecule has 0 aromatic carbocycles. The molecule has 0 unspecified atom stereocenters. The van der Waals surface area contributed by atoms with Gasteiger partial charge in [0.25, 0.3) is 0 Å². The van der Waals surface area contributed by atoms with Crippen molar-refractivity contribution in [2.45, 2.75) is 59.0 Å². The predicted octanol–water partition coefficient (Wildman–Crippen LogP) is 3.84. The summed E-state index contributed by atoms with van der Waals surface area (Å²) < 4.78 is 0. The molecular formula is C15H24O. The Morgan fingerprint density at radius 1 is 1.44 bits per heavy atom. The Balaban J connectivity index is 2.28. The molecule has 90 valence electrons. The van der Waals surface area contributed by atoms with Crippen molar-refractivity contribution < 1.29 is 5.11 Å². The average Bonchev–Trinajstić information content (AvgIpc) is 2.15. The van der Waals surface area contributed by atoms with Crippen molar-refractivity contribution in [3.8, 4) is 0 Å². The standard InChI is InChI=1S/C15H24O/c1-10(2)12-5-6-15(4)9-13(16)7-11(3)14(15)8-12/h12-13,16H,1,5-9H2,2-4H3/t12-,13-,15-/m1/s1. The molecule has 0 aromatic rings. The quantitative estimate of drug-likeness (QED) is 0.666. The van der Waals surface area contributed by atoms with Gasteiger partial charge in [0, 0.05) is 0 Å². The zero-order valence-electron chi connectivity index (χ0n) is 10.8. The van der Waals surface area contributed by atoms with Crippen LogP contribution in [0.1, 0.15) is 52.9 Å². The van der Waals surface area contributed by atoms with Gasteiger partial charge in [0.15, 0.2) is 0 Å². The smallest absolute Gasteiger partial charge is 0.0585 e. The van der Waals surface area contributed by atoms with Gasteiger partial charge in [-0.05, 0) is 57.3 Å². The lowest BCUT2D eigenvalue weighted by Gasteiger charge is -2.45. The van der Waals surface area contributed by atoms with Crippen molar-refractivity contribution in [2.75, 3.05) is 0 Å². The van der Waals surface area contributed by atoms with Crippen molar-refractivity contribution in [3.63, 3.8) is 0 Å². The Labute approximate surface area is 99.3 Å². The van der Waals surface area contributed by atoms with Gasteiger partial charge < -0.3 is 5.11 Å². The van der Waals surface area contributed by atoms with Gasteiger partial charge in [-0.25, -0.2) is 0 Å². The molecule has 1 fully saturated rings. The van der Waals surface area contributed by atoms with E-state index in [1.165, 1.54) is 30.4 Å². The van der Waals surface area contributed by atoms with Gasteiger partial charge in [-0.1, -0.05) is 30.2 Å². The van der Waals surface area contributed by atoms with E-state index in [1.807, 2.05) is 0 Å². The molecule has 1 saturated carbocycles. The van der Waals surface area contributed by atoms with E-state index in [2.05, 4.69) is 27.4 Å². The monoisotopic (exact) mass is 220 g/mol. The summed E-state index contributed by atoms with van der Waals surface area (Å²) >= 11 is 0. The summed E-state index contributed by atoms with van der Waals surface area (Å²) in [6.45, 7) is 10.8. The maximum absolute atomic E-state index is 9.91. The molecule has 0 amide bonds. The van der Waals surface area contributed by atoms with Crippen LogP contribution >= 0.6 is 0 Å². The first-order valence-corrected chi connectivity index (χ1v) is 6.45. The Bertz CT molecular complexity index is 339. The Hall–Kier alpha value is -0.560. The topological polar surface area (TPSA) is 20.2 Å². The van der Waals surface area contributed by atoms with Crippen molar-refractivity contribution in [1.29, 1.82) is 0 Å².